The van der Waals surface area contributed by atoms with Crippen LogP contribution >= 0.6 is 0 Å². The first-order chi connectivity index (χ1) is 8.17. The quantitative estimate of drug-likeness (QED) is 0.721. The molecule has 2 heterocycles. The van der Waals surface area contributed by atoms with E-state index in [1.807, 2.05) is 19.2 Å². The van der Waals surface area contributed by atoms with E-state index < -0.39 is 0 Å². The van der Waals surface area contributed by atoms with Gasteiger partial charge in [-0.3, -0.25) is 4.79 Å². The van der Waals surface area contributed by atoms with Crippen LogP contribution in [0.1, 0.15) is 37.7 Å². The van der Waals surface area contributed by atoms with Crippen LogP contribution in [0.15, 0.2) is 12.3 Å². The number of aryl methyl sites for hydroxylation is 1. The smallest absolute Gasteiger partial charge is 0.226 e. The second-order valence-electron chi connectivity index (χ2n) is 5.25. The van der Waals surface area contributed by atoms with E-state index in [4.69, 9.17) is 0 Å². The van der Waals surface area contributed by atoms with Crippen LogP contribution in [-0.2, 0) is 4.79 Å². The number of carbonyl (C=O) groups excluding carboxylic acids is 1. The Kier molecular flexibility index (Phi) is 2.31. The first kappa shape index (κ1) is 10.6. The predicted molar refractivity (Wildman–Crippen MR) is 67.0 cm³/mol. The lowest BCUT2D eigenvalue weighted by Gasteiger charge is -2.28. The maximum Gasteiger partial charge on any atom is 0.226 e. The van der Waals surface area contributed by atoms with E-state index in [1.165, 1.54) is 12.8 Å². The van der Waals surface area contributed by atoms with Crippen LogP contribution in [0.5, 0.6) is 0 Å². The monoisotopic (exact) mass is 231 g/mol. The van der Waals surface area contributed by atoms with Gasteiger partial charge in [0.2, 0.25) is 5.91 Å². The highest BCUT2D eigenvalue weighted by Gasteiger charge is 2.38. The zero-order valence-corrected chi connectivity index (χ0v) is 10.0. The van der Waals surface area contributed by atoms with Crippen LogP contribution in [0.4, 0.5) is 11.5 Å². The first-order valence-electron chi connectivity index (χ1n) is 6.22. The zero-order valence-electron chi connectivity index (χ0n) is 10.0. The van der Waals surface area contributed by atoms with Gasteiger partial charge in [0.15, 0.2) is 0 Å². The van der Waals surface area contributed by atoms with Gasteiger partial charge in [-0.25, -0.2) is 4.98 Å². The van der Waals surface area contributed by atoms with E-state index in [0.29, 0.717) is 6.42 Å². The Morgan fingerprint density at radius 3 is 2.88 bits per heavy atom. The number of fused-ring (bicyclic) bond motifs is 1. The number of aromatic nitrogens is 1. The number of pyridine rings is 1. The number of rotatable bonds is 0. The molecule has 0 aromatic carbocycles. The Balaban J connectivity index is 2.01. The molecule has 0 bridgehead atoms. The first-order valence-corrected chi connectivity index (χ1v) is 6.22. The Labute approximate surface area is 101 Å². The number of carbonyl (C=O) groups is 1. The molecule has 4 heteroatoms. The maximum atomic E-state index is 11.9. The number of amides is 1. The summed E-state index contributed by atoms with van der Waals surface area (Å²) in [5.41, 5.74) is 1.82. The maximum absolute atomic E-state index is 11.9. The fraction of sp³-hybridized carbons (Fsp3) is 0.538. The number of hydrogen-bond acceptors (Lipinski definition) is 3. The van der Waals surface area contributed by atoms with Gasteiger partial charge in [-0.1, -0.05) is 12.8 Å². The summed E-state index contributed by atoms with van der Waals surface area (Å²) in [6, 6.07) is 1.97. The van der Waals surface area contributed by atoms with E-state index in [9.17, 15) is 4.79 Å². The highest BCUT2D eigenvalue weighted by atomic mass is 16.1. The molecule has 1 spiro atoms. The molecule has 0 radical (unpaired) electrons. The third-order valence-electron chi connectivity index (χ3n) is 3.74. The summed E-state index contributed by atoms with van der Waals surface area (Å²) in [6.45, 7) is 1.98. The van der Waals surface area contributed by atoms with E-state index >= 15 is 0 Å². The molecule has 4 nitrogen and oxygen atoms in total. The summed E-state index contributed by atoms with van der Waals surface area (Å²) in [4.78, 5) is 16.3. The van der Waals surface area contributed by atoms with Gasteiger partial charge in [0, 0.05) is 18.2 Å². The summed E-state index contributed by atoms with van der Waals surface area (Å²) >= 11 is 0. The van der Waals surface area contributed by atoms with Gasteiger partial charge in [0.05, 0.1) is 5.69 Å². The molecule has 90 valence electrons. The third-order valence-corrected chi connectivity index (χ3v) is 3.74. The van der Waals surface area contributed by atoms with E-state index in [1.54, 1.807) is 0 Å². The SMILES string of the molecule is Cc1cnc2c(c1)NC(=O)CC1(CCCC1)N2. The Hall–Kier alpha value is -1.58. The zero-order chi connectivity index (χ0) is 11.9. The summed E-state index contributed by atoms with van der Waals surface area (Å²) in [7, 11) is 0. The standard InChI is InChI=1S/C13H17N3O/c1-9-6-10-12(14-8-9)16-13(4-2-3-5-13)7-11(17)15-10/h6,8H,2-5,7H2,1H3,(H,14,16)(H,15,17). The highest BCUT2D eigenvalue weighted by molar-refractivity contribution is 5.96. The van der Waals surface area contributed by atoms with Gasteiger partial charge in [-0.15, -0.1) is 0 Å². The van der Waals surface area contributed by atoms with Crippen molar-refractivity contribution in [2.75, 3.05) is 10.6 Å². The normalized spacial score (nSPS) is 21.6. The largest absolute Gasteiger partial charge is 0.362 e. The highest BCUT2D eigenvalue weighted by Crippen LogP contribution is 2.39. The fourth-order valence-corrected chi connectivity index (χ4v) is 2.91. The van der Waals surface area contributed by atoms with Crippen molar-refractivity contribution in [2.24, 2.45) is 0 Å². The minimum Gasteiger partial charge on any atom is -0.362 e. The Morgan fingerprint density at radius 2 is 2.12 bits per heavy atom. The molecule has 1 aliphatic heterocycles. The summed E-state index contributed by atoms with van der Waals surface area (Å²) in [5, 5.41) is 6.45. The lowest BCUT2D eigenvalue weighted by Crippen LogP contribution is -2.37. The minimum atomic E-state index is -0.0579. The summed E-state index contributed by atoms with van der Waals surface area (Å²) < 4.78 is 0. The second-order valence-corrected chi connectivity index (χ2v) is 5.25. The molecule has 3 rings (SSSR count). The van der Waals surface area contributed by atoms with Gasteiger partial charge >= 0.3 is 0 Å². The second kappa shape index (κ2) is 3.72. The van der Waals surface area contributed by atoms with Crippen LogP contribution in [0.25, 0.3) is 0 Å². The molecule has 0 unspecified atom stereocenters. The fourth-order valence-electron chi connectivity index (χ4n) is 2.91. The van der Waals surface area contributed by atoms with Gasteiger partial charge in [-0.05, 0) is 31.4 Å². The lowest BCUT2D eigenvalue weighted by atomic mass is 9.93. The predicted octanol–water partition coefficient (Wildman–Crippen LogP) is 2.46. The summed E-state index contributed by atoms with van der Waals surface area (Å²) in [6.07, 6.45) is 6.92. The minimum absolute atomic E-state index is 0.0579. The molecule has 2 aliphatic rings. The topological polar surface area (TPSA) is 54.0 Å². The van der Waals surface area contributed by atoms with Crippen molar-refractivity contribution in [2.45, 2.75) is 44.6 Å². The molecule has 1 saturated carbocycles. The van der Waals surface area contributed by atoms with Crippen molar-refractivity contribution in [3.63, 3.8) is 0 Å². The van der Waals surface area contributed by atoms with Crippen molar-refractivity contribution in [1.29, 1.82) is 0 Å². The molecular formula is C13H17N3O. The van der Waals surface area contributed by atoms with Crippen LogP contribution in [0, 0.1) is 6.92 Å². The van der Waals surface area contributed by atoms with E-state index in [-0.39, 0.29) is 11.4 Å². The molecule has 0 atom stereocenters. The number of nitrogens with zero attached hydrogens (tertiary/aromatic N) is 1. The van der Waals surface area contributed by atoms with Crippen molar-refractivity contribution in [3.8, 4) is 0 Å². The molecule has 1 aromatic heterocycles. The van der Waals surface area contributed by atoms with Crippen LogP contribution < -0.4 is 10.6 Å². The summed E-state index contributed by atoms with van der Waals surface area (Å²) in [5.74, 6) is 0.925. The Morgan fingerprint density at radius 1 is 1.35 bits per heavy atom. The third kappa shape index (κ3) is 1.88. The Bertz CT molecular complexity index is 464. The number of hydrogen-bond donors (Lipinski definition) is 2. The van der Waals surface area contributed by atoms with E-state index in [0.717, 1.165) is 29.9 Å². The lowest BCUT2D eigenvalue weighted by molar-refractivity contribution is -0.117. The molecule has 1 amide bonds. The molecule has 1 fully saturated rings. The van der Waals surface area contributed by atoms with Gasteiger partial charge < -0.3 is 10.6 Å². The average Bonchev–Trinajstić information content (AvgIpc) is 2.64. The molecule has 1 aromatic rings. The van der Waals surface area contributed by atoms with Crippen LogP contribution in [-0.4, -0.2) is 16.4 Å². The number of nitrogens with one attached hydrogen (secondary N) is 2. The van der Waals surface area contributed by atoms with Crippen LogP contribution in [0.2, 0.25) is 0 Å². The van der Waals surface area contributed by atoms with Crippen molar-refractivity contribution in [1.82, 2.24) is 4.98 Å². The number of anilines is 2. The van der Waals surface area contributed by atoms with Crippen molar-refractivity contribution in [3.05, 3.63) is 17.8 Å². The van der Waals surface area contributed by atoms with Gasteiger partial charge in [-0.2, -0.15) is 0 Å². The van der Waals surface area contributed by atoms with Crippen molar-refractivity contribution < 1.29 is 4.79 Å². The molecule has 17 heavy (non-hydrogen) atoms. The van der Waals surface area contributed by atoms with Gasteiger partial charge in [0.25, 0.3) is 0 Å². The molecular weight excluding hydrogens is 214 g/mol. The average molecular weight is 231 g/mol. The van der Waals surface area contributed by atoms with Gasteiger partial charge in [0.1, 0.15) is 5.82 Å². The van der Waals surface area contributed by atoms with E-state index in [2.05, 4.69) is 15.6 Å². The molecule has 0 saturated heterocycles. The van der Waals surface area contributed by atoms with Crippen LogP contribution in [0.3, 0.4) is 0 Å². The molecule has 1 aliphatic carbocycles. The molecule has 2 N–H and O–H groups in total. The van der Waals surface area contributed by atoms with Crippen molar-refractivity contribution >= 4 is 17.4 Å².